The van der Waals surface area contributed by atoms with Crippen molar-refractivity contribution >= 4 is 17.6 Å². The molecule has 0 aliphatic carbocycles. The van der Waals surface area contributed by atoms with Gasteiger partial charge in [-0.1, -0.05) is 139 Å². The standard InChI is InChI=1S/C54H74N4O6Si2/c1-13-59-65(60-14-2,61-15-3)37-35-39-19-23-41(24-20-39)47-49(43-27-31-45(32-28-43)53(7,8)9)57-51(55-47)52-56-48(50(58-52)44-29-33-46(34-30-44)54(10,11)12)42-25-21-40(22-26-42)36-38-66(62-16-4,63-17-5)64-18-6/h19-34H,13-18,35-38H2,1-12H3,(H,55,57)(H,56,58). The molecule has 0 bridgehead atoms. The van der Waals surface area contributed by atoms with E-state index in [9.17, 15) is 0 Å². The number of nitrogens with zero attached hydrogens (tertiary/aromatic N) is 2. The highest BCUT2D eigenvalue weighted by atomic mass is 28.4. The van der Waals surface area contributed by atoms with Gasteiger partial charge in [-0.3, -0.25) is 0 Å². The SMILES string of the molecule is CCO[Si](CCc1ccc(-c2[nH]c(-c3nc(-c4ccc(C(C)(C)C)cc4)c(-c4ccc(CC[Si](OCC)(OCC)OCC)cc4)[nH]3)nc2-c2ccc(C(C)(C)C)cc2)cc1)(OCC)OCC. The first kappa shape index (κ1) is 50.9. The number of rotatable bonds is 23. The van der Waals surface area contributed by atoms with E-state index >= 15 is 0 Å². The first-order chi connectivity index (χ1) is 31.6. The van der Waals surface area contributed by atoms with Crippen LogP contribution >= 0.6 is 0 Å². The van der Waals surface area contributed by atoms with Gasteiger partial charge in [0.25, 0.3) is 0 Å². The van der Waals surface area contributed by atoms with Crippen molar-refractivity contribution in [3.63, 3.8) is 0 Å². The third kappa shape index (κ3) is 12.5. The molecular weight excluding hydrogens is 857 g/mol. The maximum absolute atomic E-state index is 6.16. The maximum atomic E-state index is 6.16. The minimum absolute atomic E-state index is 0.0217. The number of imidazole rings is 2. The summed E-state index contributed by atoms with van der Waals surface area (Å²) in [4.78, 5) is 18.2. The lowest BCUT2D eigenvalue weighted by Gasteiger charge is -2.28. The molecule has 12 heteroatoms. The van der Waals surface area contributed by atoms with E-state index in [1.807, 2.05) is 41.5 Å². The summed E-state index contributed by atoms with van der Waals surface area (Å²) in [5, 5.41) is 0. The Hall–Kier alpha value is -4.51. The second kappa shape index (κ2) is 22.5. The Bertz CT molecular complexity index is 2210. The van der Waals surface area contributed by atoms with Crippen LogP contribution in [0.4, 0.5) is 0 Å². The zero-order chi connectivity index (χ0) is 47.5. The smallest absolute Gasteiger partial charge is 0.374 e. The van der Waals surface area contributed by atoms with Crippen LogP contribution in [-0.4, -0.2) is 77.2 Å². The summed E-state index contributed by atoms with van der Waals surface area (Å²) in [5.74, 6) is 1.31. The molecule has 4 aromatic carbocycles. The number of aryl methyl sites for hydroxylation is 2. The monoisotopic (exact) mass is 931 g/mol. The molecule has 10 nitrogen and oxygen atoms in total. The van der Waals surface area contributed by atoms with Crippen LogP contribution in [0, 0.1) is 0 Å². The van der Waals surface area contributed by atoms with Gasteiger partial charge in [0.2, 0.25) is 0 Å². The zero-order valence-electron chi connectivity index (χ0n) is 41.7. The van der Waals surface area contributed by atoms with Gasteiger partial charge in [0.1, 0.15) is 0 Å². The van der Waals surface area contributed by atoms with Gasteiger partial charge in [0, 0.05) is 74.0 Å². The van der Waals surface area contributed by atoms with E-state index in [4.69, 9.17) is 36.5 Å². The summed E-state index contributed by atoms with van der Waals surface area (Å²) in [6.07, 6.45) is 1.57. The lowest BCUT2D eigenvalue weighted by molar-refractivity contribution is 0.0706. The van der Waals surface area contributed by atoms with Crippen molar-refractivity contribution in [1.29, 1.82) is 0 Å². The van der Waals surface area contributed by atoms with Gasteiger partial charge in [-0.25, -0.2) is 9.97 Å². The summed E-state index contributed by atoms with van der Waals surface area (Å²) in [6, 6.07) is 36.4. The number of H-pyrrole nitrogens is 2. The minimum atomic E-state index is -2.79. The average molecular weight is 931 g/mol. The van der Waals surface area contributed by atoms with Crippen LogP contribution in [0.2, 0.25) is 12.1 Å². The molecule has 6 rings (SSSR count). The first-order valence-electron chi connectivity index (χ1n) is 24.0. The molecule has 0 unspecified atom stereocenters. The summed E-state index contributed by atoms with van der Waals surface area (Å²) in [6.45, 7) is 28.8. The van der Waals surface area contributed by atoms with Crippen LogP contribution in [-0.2, 0) is 50.2 Å². The van der Waals surface area contributed by atoms with Gasteiger partial charge >= 0.3 is 17.6 Å². The van der Waals surface area contributed by atoms with Gasteiger partial charge in [-0.05, 0) is 87.5 Å². The highest BCUT2D eigenvalue weighted by Gasteiger charge is 2.41. The Balaban J connectivity index is 1.40. The van der Waals surface area contributed by atoms with E-state index in [1.165, 1.54) is 22.3 Å². The molecule has 2 heterocycles. The van der Waals surface area contributed by atoms with Crippen molar-refractivity contribution in [2.24, 2.45) is 0 Å². The molecule has 0 atom stereocenters. The van der Waals surface area contributed by atoms with Gasteiger partial charge in [-0.15, -0.1) is 0 Å². The molecule has 354 valence electrons. The van der Waals surface area contributed by atoms with E-state index in [0.29, 0.717) is 63.4 Å². The Labute approximate surface area is 397 Å². The second-order valence-corrected chi connectivity index (χ2v) is 24.1. The summed E-state index contributed by atoms with van der Waals surface area (Å²) >= 11 is 0. The fourth-order valence-electron chi connectivity index (χ4n) is 8.34. The number of aromatic nitrogens is 4. The summed E-state index contributed by atoms with van der Waals surface area (Å²) in [7, 11) is -5.57. The fourth-order valence-corrected chi connectivity index (χ4v) is 13.5. The highest BCUT2D eigenvalue weighted by Crippen LogP contribution is 2.38. The Kier molecular flexibility index (Phi) is 17.4. The molecule has 0 aliphatic rings. The fraction of sp³-hybridized carbons (Fsp3) is 0.444. The number of aromatic amines is 2. The number of nitrogens with one attached hydrogen (secondary N) is 2. The van der Waals surface area contributed by atoms with Gasteiger partial charge in [0.15, 0.2) is 11.6 Å². The van der Waals surface area contributed by atoms with Crippen molar-refractivity contribution < 1.29 is 26.6 Å². The summed E-state index contributed by atoms with van der Waals surface area (Å²) in [5.41, 5.74) is 12.6. The van der Waals surface area contributed by atoms with Crippen molar-refractivity contribution in [2.45, 2.75) is 119 Å². The van der Waals surface area contributed by atoms with E-state index in [2.05, 4.69) is 149 Å². The van der Waals surface area contributed by atoms with Crippen LogP contribution in [0.5, 0.6) is 0 Å². The molecule has 0 fully saturated rings. The Morgan fingerprint density at radius 2 is 0.667 bits per heavy atom. The van der Waals surface area contributed by atoms with Crippen LogP contribution in [0.3, 0.4) is 0 Å². The molecular formula is C54H74N4O6Si2. The number of hydrogen-bond acceptors (Lipinski definition) is 8. The lowest BCUT2D eigenvalue weighted by atomic mass is 9.86. The molecule has 0 amide bonds. The van der Waals surface area contributed by atoms with Crippen LogP contribution in [0.1, 0.15) is 105 Å². The molecule has 0 saturated carbocycles. The van der Waals surface area contributed by atoms with Crippen LogP contribution < -0.4 is 0 Å². The third-order valence-corrected chi connectivity index (χ3v) is 17.9. The molecule has 0 aliphatic heterocycles. The van der Waals surface area contributed by atoms with E-state index < -0.39 is 17.6 Å². The Morgan fingerprint density at radius 1 is 0.394 bits per heavy atom. The first-order valence-corrected chi connectivity index (χ1v) is 27.9. The van der Waals surface area contributed by atoms with E-state index in [1.54, 1.807) is 0 Å². The quantitative estimate of drug-likeness (QED) is 0.0611. The third-order valence-electron chi connectivity index (χ3n) is 11.8. The lowest BCUT2D eigenvalue weighted by Crippen LogP contribution is -2.46. The second-order valence-electron chi connectivity index (χ2n) is 18.6. The van der Waals surface area contributed by atoms with Crippen LogP contribution in [0.15, 0.2) is 97.1 Å². The number of hydrogen-bond donors (Lipinski definition) is 2. The highest BCUT2D eigenvalue weighted by molar-refractivity contribution is 6.61. The van der Waals surface area contributed by atoms with Gasteiger partial charge < -0.3 is 36.5 Å². The number of benzene rings is 4. The topological polar surface area (TPSA) is 113 Å². The molecule has 0 spiro atoms. The van der Waals surface area contributed by atoms with Gasteiger partial charge in [-0.2, -0.15) is 0 Å². The normalized spacial score (nSPS) is 12.6. The summed E-state index contributed by atoms with van der Waals surface area (Å²) < 4.78 is 37.0. The largest absolute Gasteiger partial charge is 0.501 e. The zero-order valence-corrected chi connectivity index (χ0v) is 43.7. The predicted octanol–water partition coefficient (Wildman–Crippen LogP) is 13.2. The molecule has 2 N–H and O–H groups in total. The molecule has 0 saturated heterocycles. The molecule has 2 aromatic heterocycles. The van der Waals surface area contributed by atoms with Crippen molar-refractivity contribution in [2.75, 3.05) is 39.6 Å². The van der Waals surface area contributed by atoms with Crippen molar-refractivity contribution in [1.82, 2.24) is 19.9 Å². The average Bonchev–Trinajstić information content (AvgIpc) is 3.95. The van der Waals surface area contributed by atoms with Crippen molar-refractivity contribution in [3.8, 4) is 56.7 Å². The van der Waals surface area contributed by atoms with Crippen molar-refractivity contribution in [3.05, 3.63) is 119 Å². The van der Waals surface area contributed by atoms with Gasteiger partial charge in [0.05, 0.1) is 22.8 Å². The molecule has 6 aromatic rings. The van der Waals surface area contributed by atoms with E-state index in [0.717, 1.165) is 57.9 Å². The van der Waals surface area contributed by atoms with Crippen LogP contribution in [0.25, 0.3) is 56.7 Å². The maximum Gasteiger partial charge on any atom is 0.501 e. The Morgan fingerprint density at radius 3 is 0.924 bits per heavy atom. The predicted molar refractivity (Wildman–Crippen MR) is 274 cm³/mol. The molecule has 0 radical (unpaired) electrons. The van der Waals surface area contributed by atoms with E-state index in [-0.39, 0.29) is 10.8 Å². The minimum Gasteiger partial charge on any atom is -0.374 e. The molecule has 66 heavy (non-hydrogen) atoms.